The fraction of sp³-hybridized carbons (Fsp3) is 0.125. The first-order valence-corrected chi connectivity index (χ1v) is 6.48. The molecule has 100 valence electrons. The van der Waals surface area contributed by atoms with Gasteiger partial charge in [0.05, 0.1) is 12.2 Å². The molecule has 0 aromatic heterocycles. The molecule has 4 heteroatoms. The Morgan fingerprint density at radius 2 is 1.70 bits per heavy atom. The number of nitrogens with one attached hydrogen (secondary N) is 1. The molecule has 4 nitrogen and oxygen atoms in total. The van der Waals surface area contributed by atoms with Crippen LogP contribution in [-0.4, -0.2) is 18.5 Å². The molecule has 3 amide bonds. The SMILES string of the molecule is O=C1CNC(=O)N1c1cccc(Cc2ccccc2)c1. The molecule has 1 heterocycles. The van der Waals surface area contributed by atoms with Gasteiger partial charge in [0.25, 0.3) is 5.91 Å². The van der Waals surface area contributed by atoms with Crippen molar-refractivity contribution in [1.29, 1.82) is 0 Å². The fourth-order valence-electron chi connectivity index (χ4n) is 2.32. The highest BCUT2D eigenvalue weighted by Crippen LogP contribution is 2.20. The van der Waals surface area contributed by atoms with E-state index in [9.17, 15) is 9.59 Å². The van der Waals surface area contributed by atoms with Gasteiger partial charge in [0.15, 0.2) is 0 Å². The predicted octanol–water partition coefficient (Wildman–Crippen LogP) is 2.33. The van der Waals surface area contributed by atoms with Gasteiger partial charge in [0, 0.05) is 0 Å². The smallest absolute Gasteiger partial charge is 0.328 e. The maximum absolute atomic E-state index is 11.7. The maximum Gasteiger partial charge on any atom is 0.329 e. The molecule has 0 atom stereocenters. The van der Waals surface area contributed by atoms with Crippen LogP contribution >= 0.6 is 0 Å². The lowest BCUT2D eigenvalue weighted by Gasteiger charge is -2.13. The Morgan fingerprint density at radius 3 is 2.40 bits per heavy atom. The van der Waals surface area contributed by atoms with Crippen molar-refractivity contribution in [2.45, 2.75) is 6.42 Å². The number of benzene rings is 2. The average molecular weight is 266 g/mol. The van der Waals surface area contributed by atoms with E-state index in [1.165, 1.54) is 10.5 Å². The molecular weight excluding hydrogens is 252 g/mol. The third kappa shape index (κ3) is 2.40. The van der Waals surface area contributed by atoms with Gasteiger partial charge in [-0.25, -0.2) is 9.69 Å². The van der Waals surface area contributed by atoms with E-state index in [-0.39, 0.29) is 18.5 Å². The number of anilines is 1. The van der Waals surface area contributed by atoms with Gasteiger partial charge in [-0.15, -0.1) is 0 Å². The number of amides is 3. The van der Waals surface area contributed by atoms with Gasteiger partial charge in [-0.1, -0.05) is 42.5 Å². The molecule has 0 aliphatic carbocycles. The Bertz CT molecular complexity index is 637. The van der Waals surface area contributed by atoms with Crippen molar-refractivity contribution in [3.8, 4) is 0 Å². The summed E-state index contributed by atoms with van der Waals surface area (Å²) in [5.74, 6) is -0.216. The second-order valence-electron chi connectivity index (χ2n) is 4.72. The third-order valence-electron chi connectivity index (χ3n) is 3.26. The van der Waals surface area contributed by atoms with Crippen LogP contribution in [0, 0.1) is 0 Å². The Hall–Kier alpha value is -2.62. The average Bonchev–Trinajstić information content (AvgIpc) is 2.80. The minimum absolute atomic E-state index is 0.0712. The van der Waals surface area contributed by atoms with Crippen molar-refractivity contribution in [2.24, 2.45) is 0 Å². The highest BCUT2D eigenvalue weighted by atomic mass is 16.2. The van der Waals surface area contributed by atoms with Gasteiger partial charge in [0.1, 0.15) is 0 Å². The van der Waals surface area contributed by atoms with Crippen molar-refractivity contribution in [3.05, 3.63) is 65.7 Å². The number of urea groups is 1. The first-order chi connectivity index (χ1) is 9.74. The van der Waals surface area contributed by atoms with E-state index in [0.717, 1.165) is 12.0 Å². The fourth-order valence-corrected chi connectivity index (χ4v) is 2.32. The number of carbonyl (C=O) groups is 2. The summed E-state index contributed by atoms with van der Waals surface area (Å²) < 4.78 is 0. The molecule has 0 unspecified atom stereocenters. The Kier molecular flexibility index (Phi) is 3.21. The highest BCUT2D eigenvalue weighted by Gasteiger charge is 2.29. The van der Waals surface area contributed by atoms with E-state index in [1.807, 2.05) is 36.4 Å². The van der Waals surface area contributed by atoms with Gasteiger partial charge in [-0.05, 0) is 29.7 Å². The number of imide groups is 1. The molecule has 3 rings (SSSR count). The van der Waals surface area contributed by atoms with Crippen molar-refractivity contribution in [2.75, 3.05) is 11.4 Å². The lowest BCUT2D eigenvalue weighted by molar-refractivity contribution is -0.115. The molecule has 1 aliphatic rings. The third-order valence-corrected chi connectivity index (χ3v) is 3.26. The number of carbonyl (C=O) groups excluding carboxylic acids is 2. The highest BCUT2D eigenvalue weighted by molar-refractivity contribution is 6.19. The van der Waals surface area contributed by atoms with E-state index in [0.29, 0.717) is 5.69 Å². The summed E-state index contributed by atoms with van der Waals surface area (Å²) in [5, 5.41) is 2.52. The van der Waals surface area contributed by atoms with Crippen LogP contribution in [0.5, 0.6) is 0 Å². The van der Waals surface area contributed by atoms with E-state index in [1.54, 1.807) is 6.07 Å². The summed E-state index contributed by atoms with van der Waals surface area (Å²) in [6, 6.07) is 17.3. The second kappa shape index (κ2) is 5.17. The standard InChI is InChI=1S/C16H14N2O2/c19-15-11-17-16(20)18(15)14-8-4-7-13(10-14)9-12-5-2-1-3-6-12/h1-8,10H,9,11H2,(H,17,20). The van der Waals surface area contributed by atoms with Crippen molar-refractivity contribution in [1.82, 2.24) is 5.32 Å². The Morgan fingerprint density at radius 1 is 0.950 bits per heavy atom. The van der Waals surface area contributed by atoms with Gasteiger partial charge < -0.3 is 5.32 Å². The van der Waals surface area contributed by atoms with E-state index < -0.39 is 0 Å². The van der Waals surface area contributed by atoms with Gasteiger partial charge >= 0.3 is 6.03 Å². The van der Waals surface area contributed by atoms with Crippen LogP contribution in [0.1, 0.15) is 11.1 Å². The lowest BCUT2D eigenvalue weighted by Crippen LogP contribution is -2.30. The molecule has 0 spiro atoms. The Labute approximate surface area is 117 Å². The van der Waals surface area contributed by atoms with Crippen LogP contribution < -0.4 is 10.2 Å². The van der Waals surface area contributed by atoms with Gasteiger partial charge in [-0.3, -0.25) is 4.79 Å². The summed E-state index contributed by atoms with van der Waals surface area (Å²) >= 11 is 0. The van der Waals surface area contributed by atoms with Gasteiger partial charge in [0.2, 0.25) is 0 Å². The summed E-state index contributed by atoms with van der Waals surface area (Å²) in [6.07, 6.45) is 0.776. The minimum atomic E-state index is -0.355. The van der Waals surface area contributed by atoms with Crippen LogP contribution in [0.4, 0.5) is 10.5 Å². The van der Waals surface area contributed by atoms with Crippen molar-refractivity contribution < 1.29 is 9.59 Å². The van der Waals surface area contributed by atoms with Crippen molar-refractivity contribution in [3.63, 3.8) is 0 Å². The van der Waals surface area contributed by atoms with Crippen molar-refractivity contribution >= 4 is 17.6 Å². The first kappa shape index (κ1) is 12.4. The Balaban J connectivity index is 1.86. The molecule has 2 aromatic rings. The number of nitrogens with zero attached hydrogens (tertiary/aromatic N) is 1. The second-order valence-corrected chi connectivity index (χ2v) is 4.72. The molecule has 1 aliphatic heterocycles. The molecule has 0 bridgehead atoms. The monoisotopic (exact) mass is 266 g/mol. The molecule has 1 fully saturated rings. The zero-order valence-electron chi connectivity index (χ0n) is 10.9. The van der Waals surface area contributed by atoms with Gasteiger partial charge in [-0.2, -0.15) is 0 Å². The number of rotatable bonds is 3. The van der Waals surface area contributed by atoms with E-state index in [4.69, 9.17) is 0 Å². The summed E-state index contributed by atoms with van der Waals surface area (Å²) in [5.41, 5.74) is 2.89. The maximum atomic E-state index is 11.7. The zero-order chi connectivity index (χ0) is 13.9. The largest absolute Gasteiger partial charge is 0.329 e. The van der Waals surface area contributed by atoms with Crippen LogP contribution in [0.25, 0.3) is 0 Å². The summed E-state index contributed by atoms with van der Waals surface area (Å²) in [6.45, 7) is 0.0712. The van der Waals surface area contributed by atoms with E-state index >= 15 is 0 Å². The van der Waals surface area contributed by atoms with E-state index in [2.05, 4.69) is 17.4 Å². The molecule has 0 saturated carbocycles. The first-order valence-electron chi connectivity index (χ1n) is 6.48. The summed E-state index contributed by atoms with van der Waals surface area (Å²) in [4.78, 5) is 24.5. The molecule has 0 radical (unpaired) electrons. The molecule has 1 saturated heterocycles. The number of hydrogen-bond acceptors (Lipinski definition) is 2. The molecule has 1 N–H and O–H groups in total. The van der Waals surface area contributed by atoms with Crippen LogP contribution in [0.15, 0.2) is 54.6 Å². The van der Waals surface area contributed by atoms with Crippen LogP contribution in [0.3, 0.4) is 0 Å². The predicted molar refractivity (Wildman–Crippen MR) is 76.6 cm³/mol. The summed E-state index contributed by atoms with van der Waals surface area (Å²) in [7, 11) is 0. The quantitative estimate of drug-likeness (QED) is 0.867. The lowest BCUT2D eigenvalue weighted by atomic mass is 10.0. The normalized spacial score (nSPS) is 14.5. The number of hydrogen-bond donors (Lipinski definition) is 1. The van der Waals surface area contributed by atoms with Crippen LogP contribution in [-0.2, 0) is 11.2 Å². The molecule has 2 aromatic carbocycles. The van der Waals surface area contributed by atoms with Crippen LogP contribution in [0.2, 0.25) is 0 Å². The topological polar surface area (TPSA) is 49.4 Å². The molecule has 20 heavy (non-hydrogen) atoms. The minimum Gasteiger partial charge on any atom is -0.328 e. The molecular formula is C16H14N2O2. The zero-order valence-corrected chi connectivity index (χ0v) is 10.9.